The Balaban J connectivity index is 0.000000108. The molecule has 12 heterocycles. The molecule has 12 aromatic heterocycles. The van der Waals surface area contributed by atoms with Crippen LogP contribution in [0.5, 0.6) is 0 Å². The van der Waals surface area contributed by atoms with Crippen LogP contribution < -0.4 is 31.9 Å². The molecule has 0 bridgehead atoms. The van der Waals surface area contributed by atoms with Crippen LogP contribution in [0.25, 0.3) is 78.9 Å². The van der Waals surface area contributed by atoms with Crippen LogP contribution in [-0.2, 0) is 6.42 Å². The van der Waals surface area contributed by atoms with Crippen molar-refractivity contribution in [1.29, 1.82) is 0 Å². The zero-order valence-corrected chi connectivity index (χ0v) is 78.7. The standard InChI is InChI=1S/C19H18F3N3.C19H20FN3.C19H27N3.C18H17Cl2N3.C18H18FN3.C16H16ClN3/c20-14-11-16(22)15(21)10-13(14)18-19(23-12-6-2-1-3-7-12)25-9-5-4-8-17(25)24-18;20-15-11-9-14(10-12-15)18-19(21-16-6-2-1-3-7-16)23-13-5-4-8-17(23)22-18;1-3-9-15(10-4-1)18-19(20-16-11-5-2-6-12-16)22-14-8-7-13-17(22)21-18;19-12-8-9-15(20)14(11-12)17-18(21-13-5-1-2-6-13)23-10-4-3-7-16(23)22-17;19-15-10-4-3-9-14(15)17-18(20-13-7-1-2-8-13)22-12-6-5-11-16(22)21-17;1-3-13-16(20-10-5-4-9-14(20)18-13)19-15-11(2)7-6-8-12(15)17/h4-5,8-12,23H,1-3,6-7H2;4-5,8-13,16,21H,1-3,6-7H2;7-8,13-16,20H,1-6,9-12H2;3-4,7-11,13,21H,1-2,5-6H2;3-6,9-13,20H,1-2,7-8H2;4-10,19H,3H2,1-2H3. The third-order valence-electron chi connectivity index (χ3n) is 27.0. The van der Waals surface area contributed by atoms with Crippen LogP contribution in [-0.4, -0.2) is 86.5 Å². The number of imidazole rings is 6. The molecule has 135 heavy (non-hydrogen) atoms. The van der Waals surface area contributed by atoms with Crippen LogP contribution in [0.1, 0.15) is 210 Å². The maximum Gasteiger partial charge on any atom is 0.161 e. The van der Waals surface area contributed by atoms with E-state index in [1.54, 1.807) is 36.4 Å². The minimum Gasteiger partial charge on any atom is -0.367 e. The molecular weight excluding hydrogens is 1760 g/mol. The molecule has 6 aliphatic rings. The molecule has 0 saturated heterocycles. The molecule has 23 rings (SSSR count). The van der Waals surface area contributed by atoms with E-state index in [-0.39, 0.29) is 23.2 Å². The predicted molar refractivity (Wildman–Crippen MR) is 541 cm³/mol. The fourth-order valence-corrected chi connectivity index (χ4v) is 20.6. The largest absolute Gasteiger partial charge is 0.367 e. The zero-order chi connectivity index (χ0) is 92.7. The monoisotopic (exact) mass is 1880 g/mol. The van der Waals surface area contributed by atoms with Gasteiger partial charge in [0.25, 0.3) is 0 Å². The summed E-state index contributed by atoms with van der Waals surface area (Å²) in [6.45, 7) is 4.15. The van der Waals surface area contributed by atoms with Crippen molar-refractivity contribution in [3.8, 4) is 45.0 Å². The van der Waals surface area contributed by atoms with Crippen molar-refractivity contribution in [2.75, 3.05) is 31.9 Å². The van der Waals surface area contributed by atoms with Gasteiger partial charge in [-0.1, -0.05) is 205 Å². The Kier molecular flexibility index (Phi) is 30.3. The second kappa shape index (κ2) is 43.9. The summed E-state index contributed by atoms with van der Waals surface area (Å²) in [7, 11) is 0. The van der Waals surface area contributed by atoms with Gasteiger partial charge in [0.1, 0.15) is 109 Å². The predicted octanol–water partition coefficient (Wildman–Crippen LogP) is 29.9. The minimum absolute atomic E-state index is 0.0408. The minimum atomic E-state index is -1.20. The van der Waals surface area contributed by atoms with Gasteiger partial charge in [0.05, 0.1) is 27.1 Å². The molecule has 6 saturated carbocycles. The summed E-state index contributed by atoms with van der Waals surface area (Å²) >= 11 is 18.9. The van der Waals surface area contributed by atoms with E-state index in [4.69, 9.17) is 49.8 Å². The summed E-state index contributed by atoms with van der Waals surface area (Å²) in [6.07, 6.45) is 48.0. The molecule has 0 amide bonds. The summed E-state index contributed by atoms with van der Waals surface area (Å²) in [5.74, 6) is 2.88. The van der Waals surface area contributed by atoms with Gasteiger partial charge in [-0.15, -0.1) is 0 Å². The summed E-state index contributed by atoms with van der Waals surface area (Å²) in [5, 5.41) is 23.8. The number of para-hydroxylation sites is 1. The van der Waals surface area contributed by atoms with Gasteiger partial charge in [-0.3, -0.25) is 26.4 Å². The fraction of sp³-hybridized carbons (Fsp3) is 0.339. The number of pyridine rings is 6. The lowest BCUT2D eigenvalue weighted by molar-refractivity contribution is 0.435. The van der Waals surface area contributed by atoms with Gasteiger partial charge in [-0.2, -0.15) is 0 Å². The van der Waals surface area contributed by atoms with Crippen molar-refractivity contribution < 1.29 is 22.0 Å². The number of hydrogen-bond acceptors (Lipinski definition) is 12. The molecule has 0 radical (unpaired) electrons. The molecule has 18 nitrogen and oxygen atoms in total. The third-order valence-corrected chi connectivity index (χ3v) is 27.9. The van der Waals surface area contributed by atoms with Crippen LogP contribution in [0.3, 0.4) is 0 Å². The molecule has 26 heteroatoms. The Morgan fingerprint density at radius 1 is 0.304 bits per heavy atom. The Labute approximate surface area is 800 Å². The highest BCUT2D eigenvalue weighted by molar-refractivity contribution is 6.35. The van der Waals surface area contributed by atoms with E-state index in [0.717, 1.165) is 147 Å². The average molecular weight is 1880 g/mol. The van der Waals surface area contributed by atoms with Crippen LogP contribution in [0.2, 0.25) is 15.1 Å². The number of nitrogens with zero attached hydrogens (tertiary/aromatic N) is 12. The quantitative estimate of drug-likeness (QED) is 0.0355. The van der Waals surface area contributed by atoms with Gasteiger partial charge in [-0.05, 0) is 235 Å². The molecule has 0 aliphatic heterocycles. The van der Waals surface area contributed by atoms with Gasteiger partial charge in [0.15, 0.2) is 11.6 Å². The molecule has 17 aromatic rings. The summed E-state index contributed by atoms with van der Waals surface area (Å²) in [4.78, 5) is 28.3. The van der Waals surface area contributed by atoms with E-state index in [9.17, 15) is 22.0 Å². The Morgan fingerprint density at radius 2 is 0.674 bits per heavy atom. The number of nitrogens with one attached hydrogen (secondary N) is 6. The number of aromatic nitrogens is 12. The van der Waals surface area contributed by atoms with Crippen molar-refractivity contribution in [2.45, 2.75) is 236 Å². The SMILES string of the molecule is CCc1nc2ccccn2c1Nc1c(C)cccc1Cl.Clc1ccc(Cl)c(-c2nc3ccccn3c2NC2CCCC2)c1.Fc1cc(F)c(-c2nc3ccccn3c2NC2CCCCC2)cc1F.Fc1ccc(-c2nc3ccccn3c2NC2CCCCC2)cc1.Fc1ccccc1-c1nc2ccccn2c1NC1CCCC1.c1ccn2c(NC3CCCCC3)c(C3CCCCC3)nc2c1. The van der Waals surface area contributed by atoms with Gasteiger partial charge in [0, 0.05) is 107 Å². The number of aryl methyl sites for hydroxylation is 2. The number of halogens is 8. The first-order valence-electron chi connectivity index (χ1n) is 48.4. The first-order chi connectivity index (χ1) is 66.1. The molecule has 0 unspecified atom stereocenters. The second-order valence-electron chi connectivity index (χ2n) is 36.4. The maximum atomic E-state index is 14.3. The normalized spacial score (nSPS) is 15.8. The Morgan fingerprint density at radius 3 is 1.13 bits per heavy atom. The Bertz CT molecular complexity index is 6840. The van der Waals surface area contributed by atoms with Crippen molar-refractivity contribution in [3.63, 3.8) is 0 Å². The first kappa shape index (κ1) is 93.0. The highest BCUT2D eigenvalue weighted by atomic mass is 35.5. The number of hydrogen-bond donors (Lipinski definition) is 6. The molecule has 0 spiro atoms. The average Bonchev–Trinajstić information content (AvgIpc) is 1.64. The molecule has 6 aliphatic carbocycles. The third kappa shape index (κ3) is 21.9. The highest BCUT2D eigenvalue weighted by Crippen LogP contribution is 2.43. The van der Waals surface area contributed by atoms with Gasteiger partial charge in [0.2, 0.25) is 0 Å². The number of rotatable bonds is 18. The Hall–Kier alpha value is -12.4. The van der Waals surface area contributed by atoms with E-state index >= 15 is 0 Å². The number of benzene rings is 5. The maximum absolute atomic E-state index is 14.3. The van der Waals surface area contributed by atoms with Crippen LogP contribution in [0.4, 0.5) is 62.5 Å². The summed E-state index contributed by atoms with van der Waals surface area (Å²) in [5.41, 5.74) is 14.8. The van der Waals surface area contributed by atoms with Crippen molar-refractivity contribution in [1.82, 2.24) is 56.3 Å². The van der Waals surface area contributed by atoms with Gasteiger partial charge in [-0.25, -0.2) is 51.9 Å². The second-order valence-corrected chi connectivity index (χ2v) is 37.6. The van der Waals surface area contributed by atoms with Crippen molar-refractivity contribution >= 4 is 109 Å². The summed E-state index contributed by atoms with van der Waals surface area (Å²) in [6, 6.07) is 64.3. The van der Waals surface area contributed by atoms with Gasteiger partial charge >= 0.3 is 0 Å². The van der Waals surface area contributed by atoms with Crippen molar-refractivity contribution in [3.05, 3.63) is 305 Å². The fourth-order valence-electron chi connectivity index (χ4n) is 19.9. The first-order valence-corrected chi connectivity index (χ1v) is 49.5. The van der Waals surface area contributed by atoms with Crippen LogP contribution >= 0.6 is 34.8 Å². The number of fused-ring (bicyclic) bond motifs is 6. The van der Waals surface area contributed by atoms with E-state index in [0.29, 0.717) is 74.6 Å². The molecule has 6 fully saturated rings. The molecule has 0 atom stereocenters. The smallest absolute Gasteiger partial charge is 0.161 e. The van der Waals surface area contributed by atoms with Crippen LogP contribution in [0, 0.1) is 36.0 Å². The lowest BCUT2D eigenvalue weighted by Crippen LogP contribution is -2.24. The molecule has 698 valence electrons. The summed E-state index contributed by atoms with van der Waals surface area (Å²) < 4.78 is 81.1. The van der Waals surface area contributed by atoms with E-state index in [1.165, 1.54) is 171 Å². The highest BCUT2D eigenvalue weighted by Gasteiger charge is 2.30. The lowest BCUT2D eigenvalue weighted by atomic mass is 9.86. The number of anilines is 7. The lowest BCUT2D eigenvalue weighted by Gasteiger charge is -2.26. The topological polar surface area (TPSA) is 176 Å². The zero-order valence-electron chi connectivity index (χ0n) is 76.5. The molecule has 6 N–H and O–H groups in total. The van der Waals surface area contributed by atoms with Crippen LogP contribution in [0.15, 0.2) is 243 Å². The van der Waals surface area contributed by atoms with Gasteiger partial charge < -0.3 is 31.9 Å². The van der Waals surface area contributed by atoms with E-state index < -0.39 is 17.5 Å². The molecular formula is C109H116Cl3F5N18. The van der Waals surface area contributed by atoms with E-state index in [1.807, 2.05) is 168 Å². The van der Waals surface area contributed by atoms with E-state index in [2.05, 4.69) is 95.8 Å². The van der Waals surface area contributed by atoms with Crippen molar-refractivity contribution in [2.24, 2.45) is 0 Å². The molecule has 5 aromatic carbocycles.